The second-order valence-electron chi connectivity index (χ2n) is 6.79. The fourth-order valence-electron chi connectivity index (χ4n) is 3.20. The molecule has 30 heavy (non-hydrogen) atoms. The SMILES string of the molecule is Cc1cccn2c(=O)cc(COC(=O)c3ccccc3C(=O)c3ccccc3)nc12. The highest BCUT2D eigenvalue weighted by Crippen LogP contribution is 2.16. The van der Waals surface area contributed by atoms with Crippen molar-refractivity contribution in [3.05, 3.63) is 117 Å². The van der Waals surface area contributed by atoms with Crippen LogP contribution in [0.5, 0.6) is 0 Å². The summed E-state index contributed by atoms with van der Waals surface area (Å²) < 4.78 is 6.82. The normalized spacial score (nSPS) is 10.7. The number of pyridine rings is 1. The van der Waals surface area contributed by atoms with Crippen molar-refractivity contribution < 1.29 is 14.3 Å². The van der Waals surface area contributed by atoms with E-state index in [1.807, 2.05) is 19.1 Å². The van der Waals surface area contributed by atoms with Crippen LogP contribution in [0.15, 0.2) is 83.8 Å². The molecule has 0 fully saturated rings. The predicted octanol–water partition coefficient (Wildman–Crippen LogP) is 3.59. The van der Waals surface area contributed by atoms with Crippen LogP contribution in [-0.4, -0.2) is 21.1 Å². The monoisotopic (exact) mass is 398 g/mol. The lowest BCUT2D eigenvalue weighted by atomic mass is 9.98. The number of benzene rings is 2. The molecule has 6 nitrogen and oxygen atoms in total. The second kappa shape index (κ2) is 8.13. The van der Waals surface area contributed by atoms with E-state index in [2.05, 4.69) is 4.98 Å². The van der Waals surface area contributed by atoms with Gasteiger partial charge in [-0.05, 0) is 24.6 Å². The molecule has 0 unspecified atom stereocenters. The Morgan fingerprint density at radius 3 is 2.40 bits per heavy atom. The van der Waals surface area contributed by atoms with Gasteiger partial charge in [0.2, 0.25) is 0 Å². The van der Waals surface area contributed by atoms with E-state index in [4.69, 9.17) is 4.74 Å². The number of nitrogens with zero attached hydrogens (tertiary/aromatic N) is 2. The average Bonchev–Trinajstić information content (AvgIpc) is 2.78. The predicted molar refractivity (Wildman–Crippen MR) is 112 cm³/mol. The Hall–Kier alpha value is -4.06. The summed E-state index contributed by atoms with van der Waals surface area (Å²) in [4.78, 5) is 42.2. The molecule has 2 aromatic carbocycles. The summed E-state index contributed by atoms with van der Waals surface area (Å²) in [6.45, 7) is 1.68. The van der Waals surface area contributed by atoms with Gasteiger partial charge in [-0.25, -0.2) is 9.78 Å². The number of fused-ring (bicyclic) bond motifs is 1. The van der Waals surface area contributed by atoms with E-state index in [1.165, 1.54) is 10.5 Å². The third-order valence-corrected chi connectivity index (χ3v) is 4.72. The smallest absolute Gasteiger partial charge is 0.339 e. The van der Waals surface area contributed by atoms with E-state index in [-0.39, 0.29) is 29.1 Å². The van der Waals surface area contributed by atoms with Crippen LogP contribution in [0.4, 0.5) is 0 Å². The van der Waals surface area contributed by atoms with E-state index in [1.54, 1.807) is 60.8 Å². The van der Waals surface area contributed by atoms with Gasteiger partial charge in [0.05, 0.1) is 11.3 Å². The molecule has 6 heteroatoms. The maximum atomic E-state index is 12.8. The average molecular weight is 398 g/mol. The Labute approximate surface area is 172 Å². The molecule has 0 saturated heterocycles. The summed E-state index contributed by atoms with van der Waals surface area (Å²) in [6.07, 6.45) is 1.64. The molecule has 0 aliphatic heterocycles. The third-order valence-electron chi connectivity index (χ3n) is 4.72. The number of carbonyl (C=O) groups excluding carboxylic acids is 2. The zero-order valence-corrected chi connectivity index (χ0v) is 16.2. The first-order valence-corrected chi connectivity index (χ1v) is 9.38. The Morgan fingerprint density at radius 1 is 0.933 bits per heavy atom. The van der Waals surface area contributed by atoms with Crippen LogP contribution in [0.1, 0.15) is 37.5 Å². The van der Waals surface area contributed by atoms with E-state index < -0.39 is 5.97 Å². The number of aryl methyl sites for hydroxylation is 1. The molecule has 0 aliphatic rings. The van der Waals surface area contributed by atoms with Crippen LogP contribution in [0.3, 0.4) is 0 Å². The minimum atomic E-state index is -0.651. The van der Waals surface area contributed by atoms with Gasteiger partial charge in [-0.1, -0.05) is 54.6 Å². The quantitative estimate of drug-likeness (QED) is 0.379. The van der Waals surface area contributed by atoms with Gasteiger partial charge in [0.15, 0.2) is 5.78 Å². The van der Waals surface area contributed by atoms with Gasteiger partial charge in [0.25, 0.3) is 5.56 Å². The van der Waals surface area contributed by atoms with E-state index in [0.717, 1.165) is 5.56 Å². The van der Waals surface area contributed by atoms with Crippen LogP contribution in [0, 0.1) is 6.92 Å². The summed E-state index contributed by atoms with van der Waals surface area (Å²) in [7, 11) is 0. The number of rotatable bonds is 5. The van der Waals surface area contributed by atoms with Crippen molar-refractivity contribution in [2.75, 3.05) is 0 Å². The number of carbonyl (C=O) groups is 2. The molecule has 0 amide bonds. The molecule has 2 aromatic heterocycles. The summed E-state index contributed by atoms with van der Waals surface area (Å²) in [6, 6.07) is 20.2. The molecule has 0 radical (unpaired) electrons. The van der Waals surface area contributed by atoms with Gasteiger partial charge in [-0.3, -0.25) is 14.0 Å². The van der Waals surface area contributed by atoms with Gasteiger partial charge >= 0.3 is 5.97 Å². The van der Waals surface area contributed by atoms with Gasteiger partial charge in [-0.15, -0.1) is 0 Å². The molecule has 0 N–H and O–H groups in total. The van der Waals surface area contributed by atoms with Crippen molar-refractivity contribution in [3.8, 4) is 0 Å². The van der Waals surface area contributed by atoms with Crippen molar-refractivity contribution in [1.29, 1.82) is 0 Å². The van der Waals surface area contributed by atoms with Gasteiger partial charge in [0, 0.05) is 23.4 Å². The summed E-state index contributed by atoms with van der Waals surface area (Å²) in [5, 5.41) is 0. The molecular formula is C24H18N2O4. The first kappa shape index (κ1) is 19.3. The molecule has 148 valence electrons. The Bertz CT molecular complexity index is 1310. The summed E-state index contributed by atoms with van der Waals surface area (Å²) in [5.74, 6) is -0.914. The number of ketones is 1. The van der Waals surface area contributed by atoms with Crippen LogP contribution in [-0.2, 0) is 11.3 Å². The molecule has 2 heterocycles. The fraction of sp³-hybridized carbons (Fsp3) is 0.0833. The van der Waals surface area contributed by atoms with Crippen molar-refractivity contribution in [2.45, 2.75) is 13.5 Å². The number of aromatic nitrogens is 2. The Kier molecular flexibility index (Phi) is 5.22. The molecule has 4 rings (SSSR count). The highest BCUT2D eigenvalue weighted by Gasteiger charge is 2.19. The minimum absolute atomic E-state index is 0.167. The van der Waals surface area contributed by atoms with E-state index in [0.29, 0.717) is 16.9 Å². The molecule has 0 saturated carbocycles. The lowest BCUT2D eigenvalue weighted by molar-refractivity contribution is 0.0465. The summed E-state index contributed by atoms with van der Waals surface area (Å²) >= 11 is 0. The summed E-state index contributed by atoms with van der Waals surface area (Å²) in [5.41, 5.74) is 2.34. The molecule has 4 aromatic rings. The van der Waals surface area contributed by atoms with E-state index in [9.17, 15) is 14.4 Å². The maximum absolute atomic E-state index is 12.8. The molecule has 0 spiro atoms. The molecule has 0 atom stereocenters. The third kappa shape index (κ3) is 3.75. The van der Waals surface area contributed by atoms with Crippen LogP contribution in [0.2, 0.25) is 0 Å². The standard InChI is InChI=1S/C24H18N2O4/c1-16-8-7-13-26-21(27)14-18(25-23(16)26)15-30-24(29)20-12-6-5-11-19(20)22(28)17-9-3-2-4-10-17/h2-14H,15H2,1H3. The van der Waals surface area contributed by atoms with Crippen molar-refractivity contribution in [2.24, 2.45) is 0 Å². The molecule has 0 bridgehead atoms. The topological polar surface area (TPSA) is 77.7 Å². The Morgan fingerprint density at radius 2 is 1.63 bits per heavy atom. The number of ether oxygens (including phenoxy) is 1. The first-order valence-electron chi connectivity index (χ1n) is 9.38. The van der Waals surface area contributed by atoms with Crippen molar-refractivity contribution >= 4 is 17.4 Å². The lowest BCUT2D eigenvalue weighted by Gasteiger charge is -2.10. The highest BCUT2D eigenvalue weighted by molar-refractivity contribution is 6.14. The maximum Gasteiger partial charge on any atom is 0.339 e. The highest BCUT2D eigenvalue weighted by atomic mass is 16.5. The lowest BCUT2D eigenvalue weighted by Crippen LogP contribution is -2.18. The Balaban J connectivity index is 1.59. The fourth-order valence-corrected chi connectivity index (χ4v) is 3.20. The van der Waals surface area contributed by atoms with Crippen LogP contribution in [0.25, 0.3) is 5.65 Å². The van der Waals surface area contributed by atoms with Gasteiger partial charge in [0.1, 0.15) is 12.3 Å². The van der Waals surface area contributed by atoms with Crippen LogP contribution < -0.4 is 5.56 Å². The van der Waals surface area contributed by atoms with Crippen molar-refractivity contribution in [3.63, 3.8) is 0 Å². The molecular weight excluding hydrogens is 380 g/mol. The number of hydrogen-bond donors (Lipinski definition) is 0. The van der Waals surface area contributed by atoms with E-state index >= 15 is 0 Å². The zero-order chi connectivity index (χ0) is 21.1. The molecule has 0 aliphatic carbocycles. The number of hydrogen-bond acceptors (Lipinski definition) is 5. The largest absolute Gasteiger partial charge is 0.456 e. The second-order valence-corrected chi connectivity index (χ2v) is 6.79. The minimum Gasteiger partial charge on any atom is -0.456 e. The van der Waals surface area contributed by atoms with Gasteiger partial charge in [-0.2, -0.15) is 0 Å². The first-order chi connectivity index (χ1) is 14.5. The van der Waals surface area contributed by atoms with Crippen molar-refractivity contribution in [1.82, 2.24) is 9.38 Å². The zero-order valence-electron chi connectivity index (χ0n) is 16.2. The number of esters is 1. The van der Waals surface area contributed by atoms with Crippen LogP contribution >= 0.6 is 0 Å². The van der Waals surface area contributed by atoms with Gasteiger partial charge < -0.3 is 4.74 Å².